The van der Waals surface area contributed by atoms with Gasteiger partial charge in [0.2, 0.25) is 11.8 Å². The maximum atomic E-state index is 12.8. The minimum Gasteiger partial charge on any atom is -0.480 e. The van der Waals surface area contributed by atoms with Crippen molar-refractivity contribution in [3.63, 3.8) is 0 Å². The molecule has 0 aromatic heterocycles. The predicted molar refractivity (Wildman–Crippen MR) is 71.9 cm³/mol. The molecule has 21 heavy (non-hydrogen) atoms. The Kier molecular flexibility index (Phi) is 3.93. The fourth-order valence-electron chi connectivity index (χ4n) is 1.86. The first kappa shape index (κ1) is 15.0. The van der Waals surface area contributed by atoms with Crippen molar-refractivity contribution in [3.05, 3.63) is 30.1 Å². The van der Waals surface area contributed by atoms with Crippen molar-refractivity contribution >= 4 is 23.5 Å². The Hall–Kier alpha value is -2.44. The number of aliphatic carboxylic acids is 1. The second-order valence-corrected chi connectivity index (χ2v) is 5.08. The number of carbonyl (C=O) groups excluding carboxylic acids is 2. The molecule has 0 aliphatic heterocycles. The average Bonchev–Trinajstić information content (AvgIpc) is 3.22. The third-order valence-electron chi connectivity index (χ3n) is 3.44. The highest BCUT2D eigenvalue weighted by Gasteiger charge is 2.56. The molecule has 0 unspecified atom stereocenters. The van der Waals surface area contributed by atoms with Crippen molar-refractivity contribution in [2.24, 2.45) is 5.41 Å². The summed E-state index contributed by atoms with van der Waals surface area (Å²) in [4.78, 5) is 34.9. The summed E-state index contributed by atoms with van der Waals surface area (Å²) in [5, 5.41) is 13.6. The van der Waals surface area contributed by atoms with Crippen molar-refractivity contribution in [2.45, 2.75) is 25.8 Å². The van der Waals surface area contributed by atoms with Gasteiger partial charge in [-0.25, -0.2) is 4.39 Å². The van der Waals surface area contributed by atoms with Gasteiger partial charge in [0.05, 0.1) is 0 Å². The fourth-order valence-corrected chi connectivity index (χ4v) is 1.86. The van der Waals surface area contributed by atoms with E-state index >= 15 is 0 Å². The normalized spacial score (nSPS) is 16.7. The van der Waals surface area contributed by atoms with Gasteiger partial charge in [0.15, 0.2) is 0 Å². The lowest BCUT2D eigenvalue weighted by atomic mass is 10.0. The van der Waals surface area contributed by atoms with E-state index in [1.54, 1.807) is 0 Å². The number of carboxylic acids is 1. The number of hydrogen-bond acceptors (Lipinski definition) is 3. The van der Waals surface area contributed by atoms with E-state index < -0.39 is 35.1 Å². The Labute approximate surface area is 120 Å². The number of rotatable bonds is 5. The van der Waals surface area contributed by atoms with Gasteiger partial charge in [0, 0.05) is 5.69 Å². The first-order valence-corrected chi connectivity index (χ1v) is 6.46. The molecule has 0 heterocycles. The highest BCUT2D eigenvalue weighted by molar-refractivity contribution is 6.13. The molecule has 1 aliphatic rings. The lowest BCUT2D eigenvalue weighted by molar-refractivity contribution is -0.143. The van der Waals surface area contributed by atoms with Crippen LogP contribution in [0.1, 0.15) is 19.8 Å². The number of nitrogens with one attached hydrogen (secondary N) is 2. The second-order valence-electron chi connectivity index (χ2n) is 5.08. The van der Waals surface area contributed by atoms with Crippen molar-refractivity contribution in [3.8, 4) is 0 Å². The molecule has 0 spiro atoms. The molecule has 1 atom stereocenters. The standard InChI is InChI=1S/C14H15FN2O4/c1-8(11(18)19)16-12(20)14(6-7-14)13(21)17-10-4-2-9(15)3-5-10/h2-5,8H,6-7H2,1H3,(H,16,20)(H,17,21)(H,18,19)/t8-/m1/s1. The van der Waals surface area contributed by atoms with Crippen LogP contribution in [0, 0.1) is 11.2 Å². The highest BCUT2D eigenvalue weighted by atomic mass is 19.1. The van der Waals surface area contributed by atoms with Gasteiger partial charge in [0.25, 0.3) is 0 Å². The number of carbonyl (C=O) groups is 3. The van der Waals surface area contributed by atoms with Gasteiger partial charge in [-0.15, -0.1) is 0 Å². The molecule has 0 bridgehead atoms. The van der Waals surface area contributed by atoms with Crippen LogP contribution in [-0.2, 0) is 14.4 Å². The molecule has 2 rings (SSSR count). The molecule has 1 saturated carbocycles. The number of halogens is 1. The average molecular weight is 294 g/mol. The van der Waals surface area contributed by atoms with Crippen LogP contribution in [-0.4, -0.2) is 28.9 Å². The van der Waals surface area contributed by atoms with Gasteiger partial charge < -0.3 is 15.7 Å². The van der Waals surface area contributed by atoms with Crippen molar-refractivity contribution in [1.29, 1.82) is 0 Å². The highest BCUT2D eigenvalue weighted by Crippen LogP contribution is 2.46. The van der Waals surface area contributed by atoms with Crippen LogP contribution in [0.4, 0.5) is 10.1 Å². The van der Waals surface area contributed by atoms with E-state index in [-0.39, 0.29) is 0 Å². The molecule has 1 aromatic carbocycles. The van der Waals surface area contributed by atoms with E-state index in [2.05, 4.69) is 10.6 Å². The summed E-state index contributed by atoms with van der Waals surface area (Å²) in [7, 11) is 0. The molecule has 1 aliphatic carbocycles. The SMILES string of the molecule is C[C@@H](NC(=O)C1(C(=O)Nc2ccc(F)cc2)CC1)C(=O)O. The Morgan fingerprint density at radius 1 is 1.19 bits per heavy atom. The maximum absolute atomic E-state index is 12.8. The predicted octanol–water partition coefficient (Wildman–Crippen LogP) is 1.13. The summed E-state index contributed by atoms with van der Waals surface area (Å²) < 4.78 is 12.8. The number of carboxylic acid groups (broad SMARTS) is 1. The number of benzene rings is 1. The monoisotopic (exact) mass is 294 g/mol. The van der Waals surface area contributed by atoms with E-state index in [0.717, 1.165) is 0 Å². The van der Waals surface area contributed by atoms with Crippen molar-refractivity contribution < 1.29 is 23.9 Å². The summed E-state index contributed by atoms with van der Waals surface area (Å²) in [6.45, 7) is 1.33. The lowest BCUT2D eigenvalue weighted by Gasteiger charge is -2.17. The zero-order valence-corrected chi connectivity index (χ0v) is 11.4. The Balaban J connectivity index is 2.02. The largest absolute Gasteiger partial charge is 0.480 e. The Bertz CT molecular complexity index is 581. The number of amides is 2. The van der Waals surface area contributed by atoms with Gasteiger partial charge in [-0.05, 0) is 44.0 Å². The quantitative estimate of drug-likeness (QED) is 0.709. The fraction of sp³-hybridized carbons (Fsp3) is 0.357. The molecule has 1 aromatic rings. The van der Waals surface area contributed by atoms with E-state index in [0.29, 0.717) is 18.5 Å². The molecule has 112 valence electrons. The Morgan fingerprint density at radius 2 is 1.76 bits per heavy atom. The van der Waals surface area contributed by atoms with Crippen molar-refractivity contribution in [1.82, 2.24) is 5.32 Å². The van der Waals surface area contributed by atoms with E-state index in [9.17, 15) is 18.8 Å². The Morgan fingerprint density at radius 3 is 2.24 bits per heavy atom. The summed E-state index contributed by atoms with van der Waals surface area (Å²) in [5.74, 6) is -2.71. The van der Waals surface area contributed by atoms with Crippen LogP contribution in [0.15, 0.2) is 24.3 Å². The van der Waals surface area contributed by atoms with E-state index in [1.807, 2.05) is 0 Å². The van der Waals surface area contributed by atoms with Crippen LogP contribution in [0.5, 0.6) is 0 Å². The lowest BCUT2D eigenvalue weighted by Crippen LogP contribution is -2.46. The summed E-state index contributed by atoms with van der Waals surface area (Å²) >= 11 is 0. The number of hydrogen-bond donors (Lipinski definition) is 3. The second kappa shape index (κ2) is 5.51. The topological polar surface area (TPSA) is 95.5 Å². The summed E-state index contributed by atoms with van der Waals surface area (Å²) in [5.41, 5.74) is -0.843. The summed E-state index contributed by atoms with van der Waals surface area (Å²) in [6.07, 6.45) is 0.719. The molecule has 3 N–H and O–H groups in total. The number of anilines is 1. The minimum absolute atomic E-state index is 0.359. The van der Waals surface area contributed by atoms with Gasteiger partial charge in [0.1, 0.15) is 17.3 Å². The first-order chi connectivity index (χ1) is 9.85. The summed E-state index contributed by atoms with van der Waals surface area (Å²) in [6, 6.07) is 4.11. The van der Waals surface area contributed by atoms with Crippen LogP contribution in [0.2, 0.25) is 0 Å². The smallest absolute Gasteiger partial charge is 0.325 e. The third kappa shape index (κ3) is 3.18. The molecule has 6 nitrogen and oxygen atoms in total. The van der Waals surface area contributed by atoms with Crippen molar-refractivity contribution in [2.75, 3.05) is 5.32 Å². The molecule has 1 fully saturated rings. The molecular weight excluding hydrogens is 279 g/mol. The van der Waals surface area contributed by atoms with Crippen LogP contribution in [0.3, 0.4) is 0 Å². The molecular formula is C14H15FN2O4. The van der Waals surface area contributed by atoms with Crippen LogP contribution < -0.4 is 10.6 Å². The van der Waals surface area contributed by atoms with Crippen LogP contribution >= 0.6 is 0 Å². The van der Waals surface area contributed by atoms with Gasteiger partial charge in [-0.2, -0.15) is 0 Å². The van der Waals surface area contributed by atoms with E-state index in [4.69, 9.17) is 5.11 Å². The molecule has 0 saturated heterocycles. The van der Waals surface area contributed by atoms with E-state index in [1.165, 1.54) is 31.2 Å². The first-order valence-electron chi connectivity index (χ1n) is 6.46. The van der Waals surface area contributed by atoms with Gasteiger partial charge in [-0.1, -0.05) is 0 Å². The van der Waals surface area contributed by atoms with Crippen LogP contribution in [0.25, 0.3) is 0 Å². The molecule has 2 amide bonds. The molecule has 7 heteroatoms. The van der Waals surface area contributed by atoms with Gasteiger partial charge in [-0.3, -0.25) is 14.4 Å². The third-order valence-corrected chi connectivity index (χ3v) is 3.44. The molecule has 0 radical (unpaired) electrons. The van der Waals surface area contributed by atoms with Gasteiger partial charge >= 0.3 is 5.97 Å². The zero-order chi connectivity index (χ0) is 15.6. The zero-order valence-electron chi connectivity index (χ0n) is 11.4. The minimum atomic E-state index is -1.22. The maximum Gasteiger partial charge on any atom is 0.325 e.